The van der Waals surface area contributed by atoms with Gasteiger partial charge in [0.1, 0.15) is 5.65 Å². The van der Waals surface area contributed by atoms with E-state index in [2.05, 4.69) is 23.0 Å². The number of hydrogen-bond acceptors (Lipinski definition) is 3. The molecule has 2 aromatic rings. The first-order valence-electron chi connectivity index (χ1n) is 7.17. The number of fused-ring (bicyclic) bond motifs is 1. The van der Waals surface area contributed by atoms with Gasteiger partial charge in [-0.15, -0.1) is 13.2 Å². The van der Waals surface area contributed by atoms with Crippen LogP contribution in [0.2, 0.25) is 0 Å². The summed E-state index contributed by atoms with van der Waals surface area (Å²) in [5.41, 5.74) is 3.39. The topological polar surface area (TPSA) is 57.8 Å². The second-order valence-corrected chi connectivity index (χ2v) is 5.28. The molecule has 0 atom stereocenters. The number of aryl methyl sites for hydroxylation is 1. The number of rotatable bonds is 8. The SMILES string of the molecule is C=CCN(CC=C)Cc1c(CC(=O)O)nc2cc(C)ccn12. The minimum absolute atomic E-state index is 0.0773. The molecule has 0 aliphatic heterocycles. The van der Waals surface area contributed by atoms with Gasteiger partial charge in [-0.2, -0.15) is 0 Å². The normalized spacial score (nSPS) is 11.0. The molecular weight excluding hydrogens is 278 g/mol. The first-order valence-corrected chi connectivity index (χ1v) is 7.17. The van der Waals surface area contributed by atoms with Crippen molar-refractivity contribution in [1.29, 1.82) is 0 Å². The predicted molar refractivity (Wildman–Crippen MR) is 86.9 cm³/mol. The highest BCUT2D eigenvalue weighted by atomic mass is 16.4. The van der Waals surface area contributed by atoms with E-state index in [4.69, 9.17) is 5.11 Å². The van der Waals surface area contributed by atoms with Crippen molar-refractivity contribution in [3.8, 4) is 0 Å². The number of nitrogens with zero attached hydrogens (tertiary/aromatic N) is 3. The van der Waals surface area contributed by atoms with E-state index in [0.717, 1.165) is 16.9 Å². The highest BCUT2D eigenvalue weighted by Crippen LogP contribution is 2.17. The molecule has 0 aliphatic carbocycles. The summed E-state index contributed by atoms with van der Waals surface area (Å²) in [4.78, 5) is 17.7. The van der Waals surface area contributed by atoms with Gasteiger partial charge in [0.15, 0.2) is 0 Å². The fourth-order valence-electron chi connectivity index (χ4n) is 2.48. The minimum Gasteiger partial charge on any atom is -0.481 e. The smallest absolute Gasteiger partial charge is 0.309 e. The third-order valence-corrected chi connectivity index (χ3v) is 3.43. The first kappa shape index (κ1) is 16.0. The fourth-order valence-corrected chi connectivity index (χ4v) is 2.48. The molecule has 2 rings (SSSR count). The molecule has 0 amide bonds. The molecule has 5 heteroatoms. The molecule has 1 N–H and O–H groups in total. The Hall–Kier alpha value is -2.40. The van der Waals surface area contributed by atoms with Crippen LogP contribution >= 0.6 is 0 Å². The van der Waals surface area contributed by atoms with Gasteiger partial charge in [0.2, 0.25) is 0 Å². The monoisotopic (exact) mass is 299 g/mol. The lowest BCUT2D eigenvalue weighted by Crippen LogP contribution is -2.25. The van der Waals surface area contributed by atoms with Crippen molar-refractivity contribution in [3.05, 3.63) is 60.6 Å². The lowest BCUT2D eigenvalue weighted by atomic mass is 10.2. The Morgan fingerprint density at radius 3 is 2.68 bits per heavy atom. The number of imidazole rings is 1. The lowest BCUT2D eigenvalue weighted by molar-refractivity contribution is -0.136. The molecule has 0 aliphatic rings. The van der Waals surface area contributed by atoms with E-state index in [1.54, 1.807) is 0 Å². The molecule has 0 saturated heterocycles. The highest BCUT2D eigenvalue weighted by Gasteiger charge is 2.17. The molecule has 22 heavy (non-hydrogen) atoms. The summed E-state index contributed by atoms with van der Waals surface area (Å²) < 4.78 is 1.96. The van der Waals surface area contributed by atoms with Crippen LogP contribution in [0, 0.1) is 6.92 Å². The largest absolute Gasteiger partial charge is 0.481 e. The number of carbonyl (C=O) groups is 1. The van der Waals surface area contributed by atoms with Crippen LogP contribution in [0.25, 0.3) is 5.65 Å². The van der Waals surface area contributed by atoms with E-state index in [1.165, 1.54) is 0 Å². The lowest BCUT2D eigenvalue weighted by Gasteiger charge is -2.19. The van der Waals surface area contributed by atoms with Crippen LogP contribution in [0.15, 0.2) is 43.6 Å². The van der Waals surface area contributed by atoms with Crippen LogP contribution in [-0.2, 0) is 17.8 Å². The molecule has 0 unspecified atom stereocenters. The van der Waals surface area contributed by atoms with Crippen LogP contribution in [0.1, 0.15) is 17.0 Å². The van der Waals surface area contributed by atoms with E-state index in [9.17, 15) is 4.79 Å². The molecule has 5 nitrogen and oxygen atoms in total. The Bertz CT molecular complexity index is 693. The van der Waals surface area contributed by atoms with E-state index < -0.39 is 5.97 Å². The predicted octanol–water partition coefficient (Wildman–Crippen LogP) is 2.44. The maximum atomic E-state index is 11.1. The van der Waals surface area contributed by atoms with Crippen LogP contribution in [0.4, 0.5) is 0 Å². The molecule has 0 bridgehead atoms. The minimum atomic E-state index is -0.875. The zero-order valence-electron chi connectivity index (χ0n) is 12.8. The average molecular weight is 299 g/mol. The molecule has 0 radical (unpaired) electrons. The summed E-state index contributed by atoms with van der Waals surface area (Å²) in [5.74, 6) is -0.875. The van der Waals surface area contributed by atoms with Crippen molar-refractivity contribution in [2.45, 2.75) is 19.9 Å². The number of pyridine rings is 1. The first-order chi connectivity index (χ1) is 10.5. The number of aliphatic carboxylic acids is 1. The standard InChI is InChI=1S/C17H21N3O2/c1-4-7-19(8-5-2)12-15-14(11-17(21)22)18-16-10-13(3)6-9-20(15)16/h4-6,9-10H,1-2,7-8,11-12H2,3H3,(H,21,22). The van der Waals surface area contributed by atoms with E-state index in [-0.39, 0.29) is 6.42 Å². The van der Waals surface area contributed by atoms with Gasteiger partial charge in [0, 0.05) is 25.8 Å². The van der Waals surface area contributed by atoms with Crippen LogP contribution < -0.4 is 0 Å². The second kappa shape index (κ2) is 7.04. The third kappa shape index (κ3) is 3.62. The highest BCUT2D eigenvalue weighted by molar-refractivity contribution is 5.70. The fraction of sp³-hybridized carbons (Fsp3) is 0.294. The molecule has 0 fully saturated rings. The number of carboxylic acid groups (broad SMARTS) is 1. The van der Waals surface area contributed by atoms with Gasteiger partial charge in [0.25, 0.3) is 0 Å². The molecular formula is C17H21N3O2. The zero-order valence-corrected chi connectivity index (χ0v) is 12.8. The summed E-state index contributed by atoms with van der Waals surface area (Å²) in [7, 11) is 0. The molecule has 2 aromatic heterocycles. The molecule has 0 aromatic carbocycles. The van der Waals surface area contributed by atoms with Crippen molar-refractivity contribution in [1.82, 2.24) is 14.3 Å². The van der Waals surface area contributed by atoms with Crippen molar-refractivity contribution in [3.63, 3.8) is 0 Å². The summed E-state index contributed by atoms with van der Waals surface area (Å²) in [6, 6.07) is 3.95. The quantitative estimate of drug-likeness (QED) is 0.761. The van der Waals surface area contributed by atoms with Gasteiger partial charge in [-0.1, -0.05) is 12.2 Å². The Kier molecular flexibility index (Phi) is 5.12. The summed E-state index contributed by atoms with van der Waals surface area (Å²) in [6.45, 7) is 11.5. The van der Waals surface area contributed by atoms with Gasteiger partial charge < -0.3 is 9.51 Å². The summed E-state index contributed by atoms with van der Waals surface area (Å²) in [6.07, 6.45) is 5.52. The van der Waals surface area contributed by atoms with Gasteiger partial charge in [-0.3, -0.25) is 9.69 Å². The van der Waals surface area contributed by atoms with Gasteiger partial charge >= 0.3 is 5.97 Å². The molecule has 0 saturated carbocycles. The zero-order chi connectivity index (χ0) is 16.1. The molecule has 2 heterocycles. The Labute approximate surface area is 130 Å². The van der Waals surface area contributed by atoms with Crippen molar-refractivity contribution in [2.75, 3.05) is 13.1 Å². The Balaban J connectivity index is 2.45. The second-order valence-electron chi connectivity index (χ2n) is 5.28. The van der Waals surface area contributed by atoms with Gasteiger partial charge in [0.05, 0.1) is 17.8 Å². The number of hydrogen-bond donors (Lipinski definition) is 1. The molecule has 116 valence electrons. The van der Waals surface area contributed by atoms with E-state index in [1.807, 2.05) is 41.8 Å². The van der Waals surface area contributed by atoms with E-state index >= 15 is 0 Å². The van der Waals surface area contributed by atoms with Gasteiger partial charge in [-0.25, -0.2) is 4.98 Å². The van der Waals surface area contributed by atoms with Crippen LogP contribution in [0.3, 0.4) is 0 Å². The third-order valence-electron chi connectivity index (χ3n) is 3.43. The van der Waals surface area contributed by atoms with Crippen molar-refractivity contribution < 1.29 is 9.90 Å². The maximum absolute atomic E-state index is 11.1. The summed E-state index contributed by atoms with van der Waals surface area (Å²) in [5, 5.41) is 9.12. The molecule has 0 spiro atoms. The van der Waals surface area contributed by atoms with E-state index in [0.29, 0.717) is 25.3 Å². The van der Waals surface area contributed by atoms with Crippen LogP contribution in [0.5, 0.6) is 0 Å². The average Bonchev–Trinajstić information content (AvgIpc) is 2.75. The number of aromatic nitrogens is 2. The Morgan fingerprint density at radius 1 is 1.41 bits per heavy atom. The van der Waals surface area contributed by atoms with Crippen molar-refractivity contribution in [2.24, 2.45) is 0 Å². The van der Waals surface area contributed by atoms with Crippen LogP contribution in [-0.4, -0.2) is 38.4 Å². The maximum Gasteiger partial charge on any atom is 0.309 e. The van der Waals surface area contributed by atoms with Gasteiger partial charge in [-0.05, 0) is 24.6 Å². The van der Waals surface area contributed by atoms with Crippen molar-refractivity contribution >= 4 is 11.6 Å². The summed E-state index contributed by atoms with van der Waals surface area (Å²) >= 11 is 0. The Morgan fingerprint density at radius 2 is 2.09 bits per heavy atom. The number of carboxylic acids is 1.